The van der Waals surface area contributed by atoms with Gasteiger partial charge in [0, 0.05) is 11.3 Å². The summed E-state index contributed by atoms with van der Waals surface area (Å²) in [6.07, 6.45) is 0. The van der Waals surface area contributed by atoms with Gasteiger partial charge in [0.1, 0.15) is 0 Å². The monoisotopic (exact) mass is 284 g/mol. The summed E-state index contributed by atoms with van der Waals surface area (Å²) in [6.45, 7) is 4.23. The maximum Gasteiger partial charge on any atom is 0.265 e. The third kappa shape index (κ3) is 3.47. The molecule has 3 N–H and O–H groups in total. The van der Waals surface area contributed by atoms with Gasteiger partial charge in [0.25, 0.3) is 5.91 Å². The molecule has 0 unspecified atom stereocenters. The maximum absolute atomic E-state index is 12.2. The van der Waals surface area contributed by atoms with Crippen molar-refractivity contribution in [2.45, 2.75) is 13.8 Å². The highest BCUT2D eigenvalue weighted by Crippen LogP contribution is 2.19. The number of aryl methyl sites for hydroxylation is 2. The first kappa shape index (κ1) is 14.3. The van der Waals surface area contributed by atoms with Crippen LogP contribution in [0.15, 0.2) is 29.6 Å². The van der Waals surface area contributed by atoms with Crippen molar-refractivity contribution in [3.8, 4) is 11.8 Å². The number of nitrogens with one attached hydrogen (secondary N) is 1. The Morgan fingerprint density at radius 2 is 2.15 bits per heavy atom. The number of hydrogen-bond acceptors (Lipinski definition) is 3. The summed E-state index contributed by atoms with van der Waals surface area (Å²) in [5.41, 5.74) is 9.02. The summed E-state index contributed by atoms with van der Waals surface area (Å²) in [5, 5.41) is 4.83. The molecular formula is C16H16N2OS. The largest absolute Gasteiger partial charge is 0.321 e. The molecule has 0 spiro atoms. The van der Waals surface area contributed by atoms with E-state index in [1.807, 2.05) is 43.5 Å². The second-order valence-corrected chi connectivity index (χ2v) is 5.40. The van der Waals surface area contributed by atoms with Crippen LogP contribution in [0.25, 0.3) is 0 Å². The first-order chi connectivity index (χ1) is 9.60. The number of nitrogens with two attached hydrogens (primary N) is 1. The fourth-order valence-corrected chi connectivity index (χ4v) is 2.69. The van der Waals surface area contributed by atoms with Gasteiger partial charge >= 0.3 is 0 Å². The summed E-state index contributed by atoms with van der Waals surface area (Å²) < 4.78 is 0. The SMILES string of the molecule is Cc1cc(C#CCN)cc(NC(=O)c2sccc2C)c1. The molecular weight excluding hydrogens is 268 g/mol. The Hall–Kier alpha value is -2.09. The fraction of sp³-hybridized carbons (Fsp3) is 0.188. The highest BCUT2D eigenvalue weighted by molar-refractivity contribution is 7.12. The Morgan fingerprint density at radius 1 is 1.35 bits per heavy atom. The Morgan fingerprint density at radius 3 is 2.80 bits per heavy atom. The van der Waals surface area contributed by atoms with Crippen LogP contribution < -0.4 is 11.1 Å². The molecule has 0 saturated carbocycles. The van der Waals surface area contributed by atoms with E-state index in [1.165, 1.54) is 11.3 Å². The van der Waals surface area contributed by atoms with E-state index < -0.39 is 0 Å². The van der Waals surface area contributed by atoms with Crippen LogP contribution in [0.1, 0.15) is 26.4 Å². The van der Waals surface area contributed by atoms with Crippen LogP contribution in [0.2, 0.25) is 0 Å². The summed E-state index contributed by atoms with van der Waals surface area (Å²) in [6, 6.07) is 7.69. The molecule has 20 heavy (non-hydrogen) atoms. The van der Waals surface area contributed by atoms with Crippen molar-refractivity contribution in [1.82, 2.24) is 0 Å². The highest BCUT2D eigenvalue weighted by atomic mass is 32.1. The maximum atomic E-state index is 12.2. The lowest BCUT2D eigenvalue weighted by Crippen LogP contribution is -2.11. The molecule has 3 nitrogen and oxygen atoms in total. The molecule has 1 aromatic carbocycles. The van der Waals surface area contributed by atoms with Gasteiger partial charge < -0.3 is 11.1 Å². The van der Waals surface area contributed by atoms with E-state index >= 15 is 0 Å². The number of carbonyl (C=O) groups excluding carboxylic acids is 1. The van der Waals surface area contributed by atoms with Gasteiger partial charge in [-0.25, -0.2) is 0 Å². The lowest BCUT2D eigenvalue weighted by molar-refractivity contribution is 0.103. The van der Waals surface area contributed by atoms with Crippen molar-refractivity contribution in [2.75, 3.05) is 11.9 Å². The zero-order valence-electron chi connectivity index (χ0n) is 11.5. The van der Waals surface area contributed by atoms with Crippen LogP contribution in [0.4, 0.5) is 5.69 Å². The molecule has 0 aliphatic heterocycles. The zero-order valence-corrected chi connectivity index (χ0v) is 12.3. The lowest BCUT2D eigenvalue weighted by atomic mass is 10.1. The molecule has 102 valence electrons. The first-order valence-corrected chi connectivity index (χ1v) is 7.14. The van der Waals surface area contributed by atoms with Crippen LogP contribution in [0.3, 0.4) is 0 Å². The van der Waals surface area contributed by atoms with Crippen LogP contribution in [0, 0.1) is 25.7 Å². The van der Waals surface area contributed by atoms with E-state index in [-0.39, 0.29) is 5.91 Å². The standard InChI is InChI=1S/C16H16N2OS/c1-11-8-13(4-3-6-17)10-14(9-11)18-16(19)15-12(2)5-7-20-15/h5,7-10H,6,17H2,1-2H3,(H,18,19). The van der Waals surface area contributed by atoms with Crippen molar-refractivity contribution in [1.29, 1.82) is 0 Å². The Labute approximate surface area is 122 Å². The average Bonchev–Trinajstić information content (AvgIpc) is 2.82. The fourth-order valence-electron chi connectivity index (χ4n) is 1.87. The molecule has 0 atom stereocenters. The molecule has 0 aliphatic carbocycles. The van der Waals surface area contributed by atoms with Crippen molar-refractivity contribution in [2.24, 2.45) is 5.73 Å². The minimum absolute atomic E-state index is 0.0826. The smallest absolute Gasteiger partial charge is 0.265 e. The van der Waals surface area contributed by atoms with Gasteiger partial charge in [-0.1, -0.05) is 11.8 Å². The molecule has 0 saturated heterocycles. The van der Waals surface area contributed by atoms with Crippen LogP contribution in [-0.4, -0.2) is 12.5 Å². The third-order valence-corrected chi connectivity index (χ3v) is 3.75. The second kappa shape index (κ2) is 6.38. The summed E-state index contributed by atoms with van der Waals surface area (Å²) in [4.78, 5) is 12.9. The number of anilines is 1. The van der Waals surface area contributed by atoms with E-state index in [9.17, 15) is 4.79 Å². The minimum atomic E-state index is -0.0826. The third-order valence-electron chi connectivity index (χ3n) is 2.74. The molecule has 1 aromatic heterocycles. The van der Waals surface area contributed by atoms with Gasteiger partial charge in [-0.3, -0.25) is 4.79 Å². The molecule has 0 fully saturated rings. The number of hydrogen-bond donors (Lipinski definition) is 2. The van der Waals surface area contributed by atoms with Gasteiger partial charge in [-0.2, -0.15) is 0 Å². The topological polar surface area (TPSA) is 55.1 Å². The Balaban J connectivity index is 2.23. The van der Waals surface area contributed by atoms with Gasteiger partial charge in [-0.05, 0) is 54.6 Å². The first-order valence-electron chi connectivity index (χ1n) is 6.26. The molecule has 2 aromatic rings. The van der Waals surface area contributed by atoms with Crippen molar-refractivity contribution in [3.05, 3.63) is 51.2 Å². The van der Waals surface area contributed by atoms with Gasteiger partial charge in [0.05, 0.1) is 11.4 Å². The number of benzene rings is 1. The van der Waals surface area contributed by atoms with E-state index in [4.69, 9.17) is 5.73 Å². The lowest BCUT2D eigenvalue weighted by Gasteiger charge is -2.06. The van der Waals surface area contributed by atoms with Crippen LogP contribution in [-0.2, 0) is 0 Å². The molecule has 1 amide bonds. The molecule has 4 heteroatoms. The molecule has 0 aliphatic rings. The second-order valence-electron chi connectivity index (χ2n) is 4.48. The number of thiophene rings is 1. The van der Waals surface area contributed by atoms with Crippen LogP contribution >= 0.6 is 11.3 Å². The van der Waals surface area contributed by atoms with Crippen LogP contribution in [0.5, 0.6) is 0 Å². The molecule has 0 bridgehead atoms. The van der Waals surface area contributed by atoms with Gasteiger partial charge in [0.2, 0.25) is 0 Å². The van der Waals surface area contributed by atoms with E-state index in [1.54, 1.807) is 0 Å². The molecule has 2 rings (SSSR count). The summed E-state index contributed by atoms with van der Waals surface area (Å²) in [7, 11) is 0. The van der Waals surface area contributed by atoms with Crippen molar-refractivity contribution >= 4 is 22.9 Å². The van der Waals surface area contributed by atoms with E-state index in [0.717, 1.165) is 27.3 Å². The van der Waals surface area contributed by atoms with Crippen molar-refractivity contribution < 1.29 is 4.79 Å². The van der Waals surface area contributed by atoms with Crippen molar-refractivity contribution in [3.63, 3.8) is 0 Å². The number of amides is 1. The number of carbonyl (C=O) groups is 1. The Kier molecular flexibility index (Phi) is 4.57. The highest BCUT2D eigenvalue weighted by Gasteiger charge is 2.10. The molecule has 1 heterocycles. The molecule has 0 radical (unpaired) electrons. The predicted octanol–water partition coefficient (Wildman–Crippen LogP) is 2.93. The quantitative estimate of drug-likeness (QED) is 0.833. The van der Waals surface area contributed by atoms with E-state index in [2.05, 4.69) is 17.2 Å². The average molecular weight is 284 g/mol. The summed E-state index contributed by atoms with van der Waals surface area (Å²) >= 11 is 1.44. The van der Waals surface area contributed by atoms with Gasteiger partial charge in [0.15, 0.2) is 0 Å². The summed E-state index contributed by atoms with van der Waals surface area (Å²) in [5.74, 6) is 5.71. The normalized spacial score (nSPS) is 9.75. The predicted molar refractivity (Wildman–Crippen MR) is 84.1 cm³/mol. The minimum Gasteiger partial charge on any atom is -0.321 e. The van der Waals surface area contributed by atoms with E-state index in [0.29, 0.717) is 6.54 Å². The zero-order chi connectivity index (χ0) is 14.5. The Bertz CT molecular complexity index is 692. The van der Waals surface area contributed by atoms with Gasteiger partial charge in [-0.15, -0.1) is 11.3 Å². The number of rotatable bonds is 2.